The fourth-order valence-corrected chi connectivity index (χ4v) is 2.72. The van der Waals surface area contributed by atoms with Crippen molar-refractivity contribution < 1.29 is 9.21 Å². The second-order valence-corrected chi connectivity index (χ2v) is 5.24. The third-order valence-corrected chi connectivity index (χ3v) is 3.92. The maximum atomic E-state index is 12.4. The van der Waals surface area contributed by atoms with Crippen LogP contribution >= 0.6 is 0 Å². The molecule has 1 saturated heterocycles. The average Bonchev–Trinajstić information content (AvgIpc) is 3.11. The first-order chi connectivity index (χ1) is 10.8. The number of carbonyl (C=O) groups is 1. The second-order valence-electron chi connectivity index (χ2n) is 5.24. The molecular formula is C17H17N3O2. The molecule has 0 radical (unpaired) electrons. The zero-order valence-corrected chi connectivity index (χ0v) is 12.2. The van der Waals surface area contributed by atoms with Gasteiger partial charge in [0.2, 0.25) is 0 Å². The van der Waals surface area contributed by atoms with Crippen molar-refractivity contribution in [2.24, 2.45) is 0 Å². The predicted molar refractivity (Wildman–Crippen MR) is 81.0 cm³/mol. The maximum absolute atomic E-state index is 12.4. The van der Waals surface area contributed by atoms with Crippen LogP contribution in [-0.2, 0) is 0 Å². The number of furan rings is 1. The third-order valence-electron chi connectivity index (χ3n) is 3.92. The number of amides is 1. The van der Waals surface area contributed by atoms with Crippen LogP contribution < -0.4 is 0 Å². The van der Waals surface area contributed by atoms with Gasteiger partial charge in [0.15, 0.2) is 6.04 Å². The van der Waals surface area contributed by atoms with E-state index in [1.165, 1.54) is 0 Å². The number of nitrogens with zero attached hydrogens (tertiary/aromatic N) is 3. The normalized spacial score (nSPS) is 17.0. The van der Waals surface area contributed by atoms with Gasteiger partial charge in [0.1, 0.15) is 5.76 Å². The quantitative estimate of drug-likeness (QED) is 0.871. The van der Waals surface area contributed by atoms with Crippen molar-refractivity contribution in [3.63, 3.8) is 0 Å². The summed E-state index contributed by atoms with van der Waals surface area (Å²) in [6, 6.07) is 14.8. The minimum absolute atomic E-state index is 0.0479. The van der Waals surface area contributed by atoms with Crippen molar-refractivity contribution in [1.29, 1.82) is 5.26 Å². The predicted octanol–water partition coefficient (Wildman–Crippen LogP) is 2.30. The summed E-state index contributed by atoms with van der Waals surface area (Å²) in [5.41, 5.74) is 0.707. The summed E-state index contributed by atoms with van der Waals surface area (Å²) in [6.07, 6.45) is 1.58. The third kappa shape index (κ3) is 2.87. The smallest absolute Gasteiger partial charge is 0.253 e. The highest BCUT2D eigenvalue weighted by Crippen LogP contribution is 2.22. The van der Waals surface area contributed by atoms with E-state index in [0.717, 1.165) is 0 Å². The lowest BCUT2D eigenvalue weighted by molar-refractivity contribution is 0.0594. The molecule has 1 amide bonds. The summed E-state index contributed by atoms with van der Waals surface area (Å²) < 4.78 is 5.34. The highest BCUT2D eigenvalue weighted by atomic mass is 16.3. The van der Waals surface area contributed by atoms with E-state index in [4.69, 9.17) is 4.42 Å². The first-order valence-corrected chi connectivity index (χ1v) is 7.31. The van der Waals surface area contributed by atoms with Gasteiger partial charge in [-0.1, -0.05) is 18.2 Å². The van der Waals surface area contributed by atoms with Crippen LogP contribution in [-0.4, -0.2) is 41.9 Å². The van der Waals surface area contributed by atoms with Gasteiger partial charge in [0, 0.05) is 31.7 Å². The molecule has 0 bridgehead atoms. The molecule has 3 rings (SSSR count). The van der Waals surface area contributed by atoms with Crippen molar-refractivity contribution in [3.8, 4) is 6.07 Å². The molecule has 0 N–H and O–H groups in total. The van der Waals surface area contributed by atoms with Crippen LogP contribution in [0.1, 0.15) is 22.2 Å². The van der Waals surface area contributed by atoms with E-state index < -0.39 is 0 Å². The van der Waals surface area contributed by atoms with Crippen LogP contribution in [0.25, 0.3) is 0 Å². The summed E-state index contributed by atoms with van der Waals surface area (Å²) in [5, 5.41) is 9.37. The van der Waals surface area contributed by atoms with Gasteiger partial charge in [-0.05, 0) is 24.3 Å². The molecular weight excluding hydrogens is 278 g/mol. The topological polar surface area (TPSA) is 60.5 Å². The Morgan fingerprint density at radius 2 is 1.82 bits per heavy atom. The first-order valence-electron chi connectivity index (χ1n) is 7.31. The van der Waals surface area contributed by atoms with E-state index in [2.05, 4.69) is 6.07 Å². The van der Waals surface area contributed by atoms with Gasteiger partial charge in [-0.15, -0.1) is 0 Å². The molecule has 1 fully saturated rings. The fraction of sp³-hybridized carbons (Fsp3) is 0.294. The van der Waals surface area contributed by atoms with Gasteiger partial charge < -0.3 is 9.32 Å². The summed E-state index contributed by atoms with van der Waals surface area (Å²) in [6.45, 7) is 2.56. The molecule has 5 nitrogen and oxygen atoms in total. The SMILES string of the molecule is N#C[C@@H](c1ccco1)N1CCN(C(=O)c2ccccc2)CC1. The molecule has 1 aromatic heterocycles. The number of hydrogen-bond donors (Lipinski definition) is 0. The van der Waals surface area contributed by atoms with Gasteiger partial charge in [0.25, 0.3) is 5.91 Å². The summed E-state index contributed by atoms with van der Waals surface area (Å²) in [7, 11) is 0. The van der Waals surface area contributed by atoms with Crippen LogP contribution in [0, 0.1) is 11.3 Å². The molecule has 22 heavy (non-hydrogen) atoms. The Morgan fingerprint density at radius 1 is 1.09 bits per heavy atom. The van der Waals surface area contributed by atoms with Gasteiger partial charge in [-0.3, -0.25) is 9.69 Å². The summed E-state index contributed by atoms with van der Waals surface area (Å²) >= 11 is 0. The van der Waals surface area contributed by atoms with Gasteiger partial charge in [-0.25, -0.2) is 0 Å². The maximum Gasteiger partial charge on any atom is 0.253 e. The van der Waals surface area contributed by atoms with Gasteiger partial charge in [-0.2, -0.15) is 5.26 Å². The van der Waals surface area contributed by atoms with Crippen LogP contribution in [0.3, 0.4) is 0 Å². The monoisotopic (exact) mass is 295 g/mol. The van der Waals surface area contributed by atoms with Gasteiger partial charge >= 0.3 is 0 Å². The van der Waals surface area contributed by atoms with Crippen molar-refractivity contribution in [2.75, 3.05) is 26.2 Å². The molecule has 0 aliphatic carbocycles. The Bertz CT molecular complexity index is 653. The van der Waals surface area contributed by atoms with Crippen molar-refractivity contribution in [2.45, 2.75) is 6.04 Å². The molecule has 1 aliphatic heterocycles. The highest BCUT2D eigenvalue weighted by Gasteiger charge is 2.28. The largest absolute Gasteiger partial charge is 0.467 e. The van der Waals surface area contributed by atoms with E-state index in [-0.39, 0.29) is 11.9 Å². The molecule has 1 aliphatic rings. The first kappa shape index (κ1) is 14.4. The second kappa shape index (κ2) is 6.46. The Labute approximate surface area is 129 Å². The number of hydrogen-bond acceptors (Lipinski definition) is 4. The fourth-order valence-electron chi connectivity index (χ4n) is 2.72. The lowest BCUT2D eigenvalue weighted by Gasteiger charge is -2.36. The number of nitriles is 1. The Hall–Kier alpha value is -2.58. The van der Waals surface area contributed by atoms with E-state index in [0.29, 0.717) is 37.5 Å². The lowest BCUT2D eigenvalue weighted by atomic mass is 10.1. The van der Waals surface area contributed by atoms with Crippen LogP contribution in [0.5, 0.6) is 0 Å². The molecule has 0 saturated carbocycles. The highest BCUT2D eigenvalue weighted by molar-refractivity contribution is 5.94. The molecule has 1 aromatic carbocycles. The van der Waals surface area contributed by atoms with Gasteiger partial charge in [0.05, 0.1) is 12.3 Å². The van der Waals surface area contributed by atoms with Crippen LogP contribution in [0.2, 0.25) is 0 Å². The zero-order valence-electron chi connectivity index (χ0n) is 12.2. The van der Waals surface area contributed by atoms with E-state index in [1.807, 2.05) is 46.2 Å². The minimum atomic E-state index is -0.385. The number of rotatable bonds is 3. The molecule has 2 aromatic rings. The van der Waals surface area contributed by atoms with Crippen LogP contribution in [0.15, 0.2) is 53.1 Å². The molecule has 2 heterocycles. The Kier molecular flexibility index (Phi) is 4.22. The standard InChI is InChI=1S/C17H17N3O2/c18-13-15(16-7-4-12-22-16)19-8-10-20(11-9-19)17(21)14-5-2-1-3-6-14/h1-7,12,15H,8-11H2/t15-/m0/s1. The molecule has 0 unspecified atom stereocenters. The Balaban J connectivity index is 1.63. The minimum Gasteiger partial charge on any atom is -0.467 e. The van der Waals surface area contributed by atoms with Crippen molar-refractivity contribution >= 4 is 5.91 Å². The summed E-state index contributed by atoms with van der Waals surface area (Å²) in [4.78, 5) is 16.3. The Morgan fingerprint density at radius 3 is 2.41 bits per heavy atom. The number of carbonyl (C=O) groups excluding carboxylic acids is 1. The van der Waals surface area contributed by atoms with Crippen LogP contribution in [0.4, 0.5) is 0 Å². The number of benzene rings is 1. The lowest BCUT2D eigenvalue weighted by Crippen LogP contribution is -2.49. The van der Waals surface area contributed by atoms with E-state index in [9.17, 15) is 10.1 Å². The summed E-state index contributed by atoms with van der Waals surface area (Å²) in [5.74, 6) is 0.706. The zero-order chi connectivity index (χ0) is 15.4. The molecule has 5 heteroatoms. The average molecular weight is 295 g/mol. The number of piperazine rings is 1. The van der Waals surface area contributed by atoms with E-state index >= 15 is 0 Å². The van der Waals surface area contributed by atoms with E-state index in [1.54, 1.807) is 12.3 Å². The molecule has 1 atom stereocenters. The van der Waals surface area contributed by atoms with Crippen molar-refractivity contribution in [1.82, 2.24) is 9.80 Å². The molecule has 112 valence electrons. The van der Waals surface area contributed by atoms with Crippen molar-refractivity contribution in [3.05, 3.63) is 60.1 Å². The molecule has 0 spiro atoms.